The third-order valence-corrected chi connectivity index (χ3v) is 1.79. The van der Waals surface area contributed by atoms with Gasteiger partial charge in [0.15, 0.2) is 0 Å². The molecule has 0 N–H and O–H groups in total. The Labute approximate surface area is 64.3 Å². The maximum Gasteiger partial charge on any atom is 0.108 e. The molecule has 0 bridgehead atoms. The normalized spacial score (nSPS) is 12.0. The van der Waals surface area contributed by atoms with E-state index in [0.717, 1.165) is 6.54 Å². The average Bonchev–Trinajstić information content (AvgIpc) is 1.89. The zero-order valence-corrected chi connectivity index (χ0v) is 7.68. The highest BCUT2D eigenvalue weighted by atomic mass is 16.7. The Morgan fingerprint density at radius 2 is 1.80 bits per heavy atom. The molecule has 0 aromatic heterocycles. The van der Waals surface area contributed by atoms with Gasteiger partial charge in [0.1, 0.15) is 6.54 Å². The van der Waals surface area contributed by atoms with Crippen molar-refractivity contribution >= 4 is 0 Å². The van der Waals surface area contributed by atoms with Crippen LogP contribution in [0.1, 0.15) is 26.2 Å². The molecular formula is C8H20NO+. The summed E-state index contributed by atoms with van der Waals surface area (Å²) in [6.07, 6.45) is 3.85. The second kappa shape index (κ2) is 4.69. The van der Waals surface area contributed by atoms with Crippen molar-refractivity contribution < 1.29 is 9.48 Å². The van der Waals surface area contributed by atoms with E-state index in [0.29, 0.717) is 4.65 Å². The molecule has 0 aromatic rings. The molecule has 0 aliphatic carbocycles. The fourth-order valence-electron chi connectivity index (χ4n) is 0.834. The Balaban J connectivity index is 3.28. The Hall–Kier alpha value is -0.0800. The highest BCUT2D eigenvalue weighted by Gasteiger charge is 2.12. The van der Waals surface area contributed by atoms with Gasteiger partial charge in [-0.25, -0.2) is 4.84 Å². The lowest BCUT2D eigenvalue weighted by Gasteiger charge is -2.24. The average molecular weight is 146 g/mol. The summed E-state index contributed by atoms with van der Waals surface area (Å²) < 4.78 is 0.681. The van der Waals surface area contributed by atoms with Gasteiger partial charge in [0.2, 0.25) is 0 Å². The van der Waals surface area contributed by atoms with E-state index in [4.69, 9.17) is 4.84 Å². The topological polar surface area (TPSA) is 9.23 Å². The predicted molar refractivity (Wildman–Crippen MR) is 43.5 cm³/mol. The van der Waals surface area contributed by atoms with Gasteiger partial charge in [-0.3, -0.25) is 0 Å². The van der Waals surface area contributed by atoms with Crippen molar-refractivity contribution in [3.8, 4) is 0 Å². The number of nitrogens with zero attached hydrogens (tertiary/aromatic N) is 1. The smallest absolute Gasteiger partial charge is 0.108 e. The summed E-state index contributed by atoms with van der Waals surface area (Å²) in [5.41, 5.74) is 0. The van der Waals surface area contributed by atoms with Crippen LogP contribution in [0.5, 0.6) is 0 Å². The van der Waals surface area contributed by atoms with E-state index in [1.807, 2.05) is 0 Å². The molecule has 0 heterocycles. The number of hydrogen-bond donors (Lipinski definition) is 0. The molecule has 0 saturated carbocycles. The predicted octanol–water partition coefficient (Wildman–Crippen LogP) is 1.81. The van der Waals surface area contributed by atoms with Crippen LogP contribution in [-0.2, 0) is 4.84 Å². The summed E-state index contributed by atoms with van der Waals surface area (Å²) in [7, 11) is 5.91. The summed E-state index contributed by atoms with van der Waals surface area (Å²) in [5, 5.41) is 0. The first-order chi connectivity index (χ1) is 4.62. The number of hydroxylamine groups is 3. The zero-order valence-electron chi connectivity index (χ0n) is 7.68. The Kier molecular flexibility index (Phi) is 4.65. The second-order valence-corrected chi connectivity index (χ2v) is 3.19. The van der Waals surface area contributed by atoms with E-state index in [2.05, 4.69) is 21.0 Å². The number of hydrogen-bond acceptors (Lipinski definition) is 1. The maximum atomic E-state index is 5.22. The van der Waals surface area contributed by atoms with Gasteiger partial charge in [0.25, 0.3) is 0 Å². The maximum absolute atomic E-state index is 5.22. The van der Waals surface area contributed by atoms with Crippen LogP contribution in [0.3, 0.4) is 0 Å². The van der Waals surface area contributed by atoms with Gasteiger partial charge in [0.05, 0.1) is 21.2 Å². The fraction of sp³-hybridized carbons (Fsp3) is 1.00. The highest BCUT2D eigenvalue weighted by molar-refractivity contribution is 4.33. The molecule has 0 fully saturated rings. The zero-order chi connectivity index (χ0) is 8.04. The first kappa shape index (κ1) is 9.92. The molecule has 0 rings (SSSR count). The second-order valence-electron chi connectivity index (χ2n) is 3.19. The Morgan fingerprint density at radius 3 is 2.20 bits per heavy atom. The van der Waals surface area contributed by atoms with E-state index in [-0.39, 0.29) is 0 Å². The lowest BCUT2D eigenvalue weighted by molar-refractivity contribution is -1.07. The first-order valence-electron chi connectivity index (χ1n) is 4.01. The minimum Gasteiger partial charge on any atom is -0.207 e. The van der Waals surface area contributed by atoms with Crippen LogP contribution in [0.25, 0.3) is 0 Å². The van der Waals surface area contributed by atoms with Crippen molar-refractivity contribution in [1.29, 1.82) is 0 Å². The first-order valence-corrected chi connectivity index (χ1v) is 4.01. The molecule has 0 aromatic carbocycles. The van der Waals surface area contributed by atoms with Crippen LogP contribution in [0.15, 0.2) is 0 Å². The van der Waals surface area contributed by atoms with Crippen molar-refractivity contribution in [3.63, 3.8) is 0 Å². The lowest BCUT2D eigenvalue weighted by Crippen LogP contribution is -2.38. The molecule has 0 atom stereocenters. The molecule has 0 radical (unpaired) electrons. The van der Waals surface area contributed by atoms with Crippen molar-refractivity contribution in [2.45, 2.75) is 26.2 Å². The molecule has 0 aliphatic rings. The van der Waals surface area contributed by atoms with Gasteiger partial charge in [-0.1, -0.05) is 13.3 Å². The van der Waals surface area contributed by atoms with Crippen molar-refractivity contribution in [2.24, 2.45) is 0 Å². The van der Waals surface area contributed by atoms with Gasteiger partial charge in [0, 0.05) is 0 Å². The van der Waals surface area contributed by atoms with Gasteiger partial charge in [-0.05, 0) is 12.8 Å². The third-order valence-electron chi connectivity index (χ3n) is 1.79. The molecule has 0 unspecified atom stereocenters. The van der Waals surface area contributed by atoms with Gasteiger partial charge in [-0.2, -0.15) is 4.65 Å². The van der Waals surface area contributed by atoms with Crippen molar-refractivity contribution in [3.05, 3.63) is 0 Å². The fourth-order valence-corrected chi connectivity index (χ4v) is 0.834. The van der Waals surface area contributed by atoms with Crippen molar-refractivity contribution in [2.75, 3.05) is 27.7 Å². The van der Waals surface area contributed by atoms with Gasteiger partial charge < -0.3 is 0 Å². The summed E-state index contributed by atoms with van der Waals surface area (Å²) in [6.45, 7) is 3.33. The van der Waals surface area contributed by atoms with E-state index in [9.17, 15) is 0 Å². The minimum absolute atomic E-state index is 0.681. The number of rotatable bonds is 5. The summed E-state index contributed by atoms with van der Waals surface area (Å²) in [5.74, 6) is 0. The molecule has 2 nitrogen and oxygen atoms in total. The van der Waals surface area contributed by atoms with E-state index < -0.39 is 0 Å². The monoisotopic (exact) mass is 146 g/mol. The molecule has 0 amide bonds. The molecule has 10 heavy (non-hydrogen) atoms. The third kappa shape index (κ3) is 4.77. The Bertz CT molecular complexity index is 81.3. The van der Waals surface area contributed by atoms with Crippen molar-refractivity contribution in [1.82, 2.24) is 0 Å². The van der Waals surface area contributed by atoms with E-state index in [1.54, 1.807) is 7.11 Å². The number of unbranched alkanes of at least 4 members (excludes halogenated alkanes) is 2. The SMILES string of the molecule is CCCCC[N+](C)(C)OC. The molecule has 62 valence electrons. The minimum atomic E-state index is 0.681. The Morgan fingerprint density at radius 1 is 1.20 bits per heavy atom. The summed E-state index contributed by atoms with van der Waals surface area (Å²) in [4.78, 5) is 5.22. The van der Waals surface area contributed by atoms with Crippen LogP contribution >= 0.6 is 0 Å². The lowest BCUT2D eigenvalue weighted by atomic mass is 10.2. The van der Waals surface area contributed by atoms with Crippen LogP contribution < -0.4 is 0 Å². The molecule has 0 spiro atoms. The van der Waals surface area contributed by atoms with E-state index in [1.165, 1.54) is 19.3 Å². The summed E-state index contributed by atoms with van der Waals surface area (Å²) >= 11 is 0. The van der Waals surface area contributed by atoms with E-state index >= 15 is 0 Å². The summed E-state index contributed by atoms with van der Waals surface area (Å²) in [6, 6.07) is 0. The van der Waals surface area contributed by atoms with Crippen LogP contribution in [0.4, 0.5) is 0 Å². The number of quaternary nitrogens is 1. The highest BCUT2D eigenvalue weighted by Crippen LogP contribution is 2.02. The molecular weight excluding hydrogens is 126 g/mol. The quantitative estimate of drug-likeness (QED) is 0.326. The van der Waals surface area contributed by atoms with Crippen LogP contribution in [-0.4, -0.2) is 32.4 Å². The van der Waals surface area contributed by atoms with Crippen LogP contribution in [0.2, 0.25) is 0 Å². The molecule has 0 aliphatic heterocycles. The standard InChI is InChI=1S/C8H20NO/c1-5-6-7-8-9(2,3)10-4/h5-8H2,1-4H3/q+1. The van der Waals surface area contributed by atoms with Gasteiger partial charge in [-0.15, -0.1) is 0 Å². The molecule has 2 heteroatoms. The van der Waals surface area contributed by atoms with Crippen LogP contribution in [0, 0.1) is 0 Å². The van der Waals surface area contributed by atoms with Gasteiger partial charge >= 0.3 is 0 Å². The largest absolute Gasteiger partial charge is 0.207 e. The molecule has 0 saturated heterocycles.